The minimum Gasteiger partial charge on any atom is -0.390 e. The number of hydrogen-bond donors (Lipinski definition) is 2. The largest absolute Gasteiger partial charge is 0.390 e. The van der Waals surface area contributed by atoms with E-state index >= 15 is 0 Å². The van der Waals surface area contributed by atoms with Gasteiger partial charge in [0, 0.05) is 18.2 Å². The Hall–Kier alpha value is -1.50. The van der Waals surface area contributed by atoms with Crippen LogP contribution < -0.4 is 18.6 Å². The minimum absolute atomic E-state index is 0.0295. The standard InChI is InChI=1S/C30H41O4S.ClHO4/c1-22(2)15-16-26-29(3,34-26)28-27(33-4)25(31)17-18-30(28,32)21-35(19-23-11-7-5-8-12-23)20-24-13-9-6-10-14-24;2-1(3,4)5/h5-15,25-28,31-32H,16-21H2,1-4H3;(H,2,3,4,5)/q+1;/p-1. The van der Waals surface area contributed by atoms with Gasteiger partial charge in [0.2, 0.25) is 0 Å². The first-order valence-electron chi connectivity index (χ1n) is 13.3. The van der Waals surface area contributed by atoms with Gasteiger partial charge in [0.1, 0.15) is 28.5 Å². The van der Waals surface area contributed by atoms with E-state index < -0.39 is 33.7 Å². The number of rotatable bonds is 10. The molecule has 1 saturated heterocycles. The summed E-state index contributed by atoms with van der Waals surface area (Å²) in [5.74, 6) is 2.22. The minimum atomic E-state index is -4.94. The normalized spacial score (nSPS) is 29.9. The molecule has 0 bridgehead atoms. The first-order chi connectivity index (χ1) is 18.7. The molecular weight excluding hydrogens is 556 g/mol. The van der Waals surface area contributed by atoms with Gasteiger partial charge in [-0.05, 0) is 50.9 Å². The maximum absolute atomic E-state index is 12.4. The SMILES string of the molecule is COC1C(O)CCC(O)(C[S+](Cc2ccccc2)Cc2ccccc2)C1C1(C)OC1CC=C(C)C.[O-][Cl+3]([O-])([O-])[O-]. The number of epoxide rings is 1. The molecule has 10 heteroatoms. The van der Waals surface area contributed by atoms with Gasteiger partial charge >= 0.3 is 0 Å². The van der Waals surface area contributed by atoms with Gasteiger partial charge in [-0.3, -0.25) is 0 Å². The fourth-order valence-electron chi connectivity index (χ4n) is 5.86. The third-order valence-corrected chi connectivity index (χ3v) is 10.0. The molecule has 1 aliphatic carbocycles. The Morgan fingerprint density at radius 1 is 1.02 bits per heavy atom. The molecular formula is C30H41ClO8S. The molecule has 222 valence electrons. The second kappa shape index (κ2) is 14.1. The van der Waals surface area contributed by atoms with Crippen molar-refractivity contribution in [1.29, 1.82) is 0 Å². The molecule has 8 nitrogen and oxygen atoms in total. The molecule has 1 heterocycles. The first-order valence-corrected chi connectivity index (χ1v) is 16.3. The van der Waals surface area contributed by atoms with Crippen molar-refractivity contribution in [1.82, 2.24) is 0 Å². The summed E-state index contributed by atoms with van der Waals surface area (Å²) in [6.07, 6.45) is 3.09. The lowest BCUT2D eigenvalue weighted by Crippen LogP contribution is -2.68. The van der Waals surface area contributed by atoms with E-state index in [9.17, 15) is 10.2 Å². The zero-order chi connectivity index (χ0) is 29.6. The van der Waals surface area contributed by atoms with Crippen molar-refractivity contribution < 1.29 is 48.6 Å². The lowest BCUT2D eigenvalue weighted by Gasteiger charge is -2.47. The molecule has 2 aliphatic rings. The smallest absolute Gasteiger partial charge is 0.137 e. The quantitative estimate of drug-likeness (QED) is 0.225. The van der Waals surface area contributed by atoms with Crippen LogP contribution in [-0.2, 0) is 31.9 Å². The van der Waals surface area contributed by atoms with E-state index in [0.29, 0.717) is 18.6 Å². The molecule has 1 saturated carbocycles. The third kappa shape index (κ3) is 9.52. The predicted molar refractivity (Wildman–Crippen MR) is 144 cm³/mol. The number of benzene rings is 2. The van der Waals surface area contributed by atoms with Crippen molar-refractivity contribution in [2.75, 3.05) is 12.9 Å². The highest BCUT2D eigenvalue weighted by Crippen LogP contribution is 2.54. The summed E-state index contributed by atoms with van der Waals surface area (Å²) in [4.78, 5) is 0. The van der Waals surface area contributed by atoms with Crippen molar-refractivity contribution in [2.24, 2.45) is 5.92 Å². The van der Waals surface area contributed by atoms with E-state index in [1.807, 2.05) is 12.1 Å². The second-order valence-corrected chi connectivity index (χ2v) is 13.9. The Bertz CT molecular complexity index is 1030. The van der Waals surface area contributed by atoms with Gasteiger partial charge in [-0.2, -0.15) is 0 Å². The Kier molecular flexibility index (Phi) is 11.6. The lowest BCUT2D eigenvalue weighted by atomic mass is 9.66. The number of allylic oxidation sites excluding steroid dienone is 1. The molecule has 2 aromatic carbocycles. The van der Waals surface area contributed by atoms with Gasteiger partial charge in [-0.1, -0.05) is 72.3 Å². The third-order valence-electron chi connectivity index (χ3n) is 7.65. The molecule has 0 radical (unpaired) electrons. The fraction of sp³-hybridized carbons (Fsp3) is 0.533. The molecule has 6 unspecified atom stereocenters. The number of ether oxygens (including phenoxy) is 2. The zero-order valence-electron chi connectivity index (χ0n) is 23.5. The molecule has 1 aliphatic heterocycles. The molecule has 2 aromatic rings. The van der Waals surface area contributed by atoms with Crippen molar-refractivity contribution in [3.8, 4) is 0 Å². The number of hydrogen-bond acceptors (Lipinski definition) is 8. The molecule has 2 N–H and O–H groups in total. The van der Waals surface area contributed by atoms with Crippen LogP contribution in [0, 0.1) is 16.2 Å². The van der Waals surface area contributed by atoms with E-state index in [1.165, 1.54) is 16.7 Å². The Morgan fingerprint density at radius 3 is 1.98 bits per heavy atom. The van der Waals surface area contributed by atoms with E-state index in [1.54, 1.807) is 7.11 Å². The molecule has 2 fully saturated rings. The van der Waals surface area contributed by atoms with E-state index in [-0.39, 0.29) is 22.9 Å². The van der Waals surface area contributed by atoms with Crippen molar-refractivity contribution in [3.63, 3.8) is 0 Å². The van der Waals surface area contributed by atoms with Crippen LogP contribution in [0.25, 0.3) is 0 Å². The van der Waals surface area contributed by atoms with Crippen molar-refractivity contribution in [2.45, 2.75) is 81.1 Å². The van der Waals surface area contributed by atoms with Gasteiger partial charge in [-0.25, -0.2) is 18.6 Å². The van der Waals surface area contributed by atoms with Crippen molar-refractivity contribution in [3.05, 3.63) is 83.4 Å². The molecule has 0 amide bonds. The highest BCUT2D eigenvalue weighted by atomic mass is 35.7. The number of halogens is 1. The first kappa shape index (κ1) is 33.0. The summed E-state index contributed by atoms with van der Waals surface area (Å²) in [5, 5.41) is 23.2. The molecule has 0 aromatic heterocycles. The van der Waals surface area contributed by atoms with Gasteiger partial charge in [0.15, 0.2) is 0 Å². The monoisotopic (exact) mass is 596 g/mol. The summed E-state index contributed by atoms with van der Waals surface area (Å²) >= 11 is 0. The van der Waals surface area contributed by atoms with Crippen LogP contribution in [0.2, 0.25) is 0 Å². The topological polar surface area (TPSA) is 154 Å². The maximum Gasteiger partial charge on any atom is 0.137 e. The van der Waals surface area contributed by atoms with Crippen molar-refractivity contribution >= 4 is 10.9 Å². The molecule has 40 heavy (non-hydrogen) atoms. The van der Waals surface area contributed by atoms with Crippen LogP contribution >= 0.6 is 0 Å². The van der Waals surface area contributed by atoms with Gasteiger partial charge < -0.3 is 19.7 Å². The fourth-order valence-corrected chi connectivity index (χ4v) is 8.52. The Morgan fingerprint density at radius 2 is 1.52 bits per heavy atom. The van der Waals surface area contributed by atoms with E-state index in [2.05, 4.69) is 75.4 Å². The van der Waals surface area contributed by atoms with Crippen LogP contribution in [-0.4, -0.2) is 52.6 Å². The average molecular weight is 597 g/mol. The maximum atomic E-state index is 12.4. The highest BCUT2D eigenvalue weighted by molar-refractivity contribution is 7.95. The molecule has 6 atom stereocenters. The summed E-state index contributed by atoms with van der Waals surface area (Å²) < 4.78 is 46.1. The second-order valence-electron chi connectivity index (χ2n) is 11.1. The summed E-state index contributed by atoms with van der Waals surface area (Å²) in [6, 6.07) is 21.1. The van der Waals surface area contributed by atoms with Crippen LogP contribution in [0.1, 0.15) is 51.2 Å². The summed E-state index contributed by atoms with van der Waals surface area (Å²) in [5.41, 5.74) is 2.36. The number of methoxy groups -OCH3 is 1. The van der Waals surface area contributed by atoms with Gasteiger partial charge in [0.25, 0.3) is 0 Å². The lowest BCUT2D eigenvalue weighted by molar-refractivity contribution is -2.00. The van der Waals surface area contributed by atoms with E-state index in [4.69, 9.17) is 28.1 Å². The van der Waals surface area contributed by atoms with E-state index in [0.717, 1.165) is 17.9 Å². The van der Waals surface area contributed by atoms with Crippen LogP contribution in [0.5, 0.6) is 0 Å². The predicted octanol–water partition coefficient (Wildman–Crippen LogP) is 0.280. The zero-order valence-corrected chi connectivity index (χ0v) is 25.1. The van der Waals surface area contributed by atoms with Crippen LogP contribution in [0.15, 0.2) is 72.3 Å². The summed E-state index contributed by atoms with van der Waals surface area (Å²) in [6.45, 7) is 6.29. The molecule has 4 rings (SSSR count). The Labute approximate surface area is 242 Å². The van der Waals surface area contributed by atoms with Gasteiger partial charge in [0.05, 0.1) is 24.2 Å². The number of aliphatic hydroxyl groups is 2. The van der Waals surface area contributed by atoms with Crippen LogP contribution in [0.4, 0.5) is 0 Å². The Balaban J connectivity index is 0.000000810. The highest BCUT2D eigenvalue weighted by Gasteiger charge is 2.68. The van der Waals surface area contributed by atoms with Gasteiger partial charge in [-0.15, -0.1) is 10.2 Å². The number of aliphatic hydroxyl groups excluding tert-OH is 1. The average Bonchev–Trinajstić information content (AvgIpc) is 3.54. The summed E-state index contributed by atoms with van der Waals surface area (Å²) in [7, 11) is -3.39. The molecule has 0 spiro atoms. The van der Waals surface area contributed by atoms with Crippen LogP contribution in [0.3, 0.4) is 0 Å².